The quantitative estimate of drug-likeness (QED) is 0.320. The molecular formula is C31H21S. The molecule has 0 aromatic heterocycles. The minimum atomic E-state index is 0.935. The van der Waals surface area contributed by atoms with Gasteiger partial charge in [0.2, 0.25) is 0 Å². The second-order valence-corrected chi connectivity index (χ2v) is 8.10. The third-order valence-electron chi connectivity index (χ3n) is 4.93. The van der Waals surface area contributed by atoms with Gasteiger partial charge >= 0.3 is 0 Å². The molecule has 0 bridgehead atoms. The molecule has 1 saturated carbocycles. The Bertz CT molecular complexity index is 1280. The van der Waals surface area contributed by atoms with Crippen molar-refractivity contribution < 1.29 is 0 Å². The van der Waals surface area contributed by atoms with Crippen LogP contribution in [0.1, 0.15) is 40.3 Å². The molecular weight excluding hydrogens is 404 g/mol. The molecule has 0 unspecified atom stereocenters. The van der Waals surface area contributed by atoms with Gasteiger partial charge in [-0.3, -0.25) is 0 Å². The van der Waals surface area contributed by atoms with E-state index < -0.39 is 0 Å². The Hall–Kier alpha value is -3.31. The molecule has 5 radical (unpaired) electrons. The Morgan fingerprint density at radius 1 is 0.562 bits per heavy atom. The third kappa shape index (κ3) is 6.11. The van der Waals surface area contributed by atoms with E-state index in [1.54, 1.807) is 0 Å². The summed E-state index contributed by atoms with van der Waals surface area (Å²) in [6, 6.07) is 22.0. The molecule has 0 saturated heterocycles. The summed E-state index contributed by atoms with van der Waals surface area (Å²) in [5, 5.41) is 0. The zero-order valence-corrected chi connectivity index (χ0v) is 18.9. The Balaban J connectivity index is 1.42. The fraction of sp³-hybridized carbons (Fsp3) is 0.0645. The number of hydrogen-bond acceptors (Lipinski definition) is 1. The van der Waals surface area contributed by atoms with Crippen LogP contribution >= 0.6 is 12.6 Å². The van der Waals surface area contributed by atoms with Gasteiger partial charge in [0.05, 0.1) is 5.92 Å². The van der Waals surface area contributed by atoms with Crippen molar-refractivity contribution in [3.05, 3.63) is 131 Å². The van der Waals surface area contributed by atoms with Gasteiger partial charge in [0.1, 0.15) is 0 Å². The van der Waals surface area contributed by atoms with Crippen LogP contribution in [-0.2, 0) is 0 Å². The number of rotatable bonds is 0. The molecule has 0 nitrogen and oxygen atoms in total. The van der Waals surface area contributed by atoms with E-state index in [2.05, 4.69) is 80.9 Å². The second-order valence-electron chi connectivity index (χ2n) is 7.58. The van der Waals surface area contributed by atoms with E-state index in [0.29, 0.717) is 0 Å². The van der Waals surface area contributed by atoms with Crippen LogP contribution < -0.4 is 0 Å². The molecule has 3 aromatic rings. The second kappa shape index (κ2) is 10.3. The SMILES string of the molecule is C[C]1[CH][CH][C](C#Cc2ccc(C#Cc3ccc(C#Cc4ccc(S)cc4)cc3C)cc2)[CH]1. The van der Waals surface area contributed by atoms with Crippen molar-refractivity contribution in [2.24, 2.45) is 0 Å². The van der Waals surface area contributed by atoms with Crippen molar-refractivity contribution in [2.45, 2.75) is 18.7 Å². The smallest absolute Gasteiger partial charge is 0.0561 e. The minimum absolute atomic E-state index is 0.935. The standard InChI is InChI=1S/C31H21S/c1-23-3-4-28(21-23)11-9-25-5-7-26(8-6-25)13-17-30-18-14-29(22-24(30)2)12-10-27-15-19-31(32)20-16-27/h3-8,14-16,18-22,32H,1-2H3. The Morgan fingerprint density at radius 2 is 1.09 bits per heavy atom. The highest BCUT2D eigenvalue weighted by Gasteiger charge is 2.21. The molecule has 1 heteroatoms. The van der Waals surface area contributed by atoms with Crippen LogP contribution in [-0.4, -0.2) is 0 Å². The summed E-state index contributed by atoms with van der Waals surface area (Å²) >= 11 is 4.30. The zero-order chi connectivity index (χ0) is 22.3. The van der Waals surface area contributed by atoms with Crippen molar-refractivity contribution in [3.8, 4) is 35.5 Å². The average molecular weight is 426 g/mol. The first-order valence-electron chi connectivity index (χ1n) is 10.3. The van der Waals surface area contributed by atoms with Gasteiger partial charge in [0.15, 0.2) is 0 Å². The molecule has 1 fully saturated rings. The van der Waals surface area contributed by atoms with Crippen molar-refractivity contribution in [1.29, 1.82) is 0 Å². The molecule has 4 rings (SSSR count). The highest BCUT2D eigenvalue weighted by atomic mass is 32.1. The van der Waals surface area contributed by atoms with Crippen molar-refractivity contribution in [2.75, 3.05) is 0 Å². The number of benzene rings is 3. The summed E-state index contributed by atoms with van der Waals surface area (Å²) in [6.45, 7) is 4.14. The molecule has 0 spiro atoms. The molecule has 32 heavy (non-hydrogen) atoms. The lowest BCUT2D eigenvalue weighted by atomic mass is 10.0. The Labute approximate surface area is 197 Å². The van der Waals surface area contributed by atoms with Gasteiger partial charge in [-0.25, -0.2) is 0 Å². The predicted octanol–water partition coefficient (Wildman–Crippen LogP) is 6.23. The van der Waals surface area contributed by atoms with Gasteiger partial charge in [-0.05, 0) is 104 Å². The summed E-state index contributed by atoms with van der Waals surface area (Å²) in [4.78, 5) is 0.935. The van der Waals surface area contributed by atoms with Crippen LogP contribution in [0.15, 0.2) is 71.6 Å². The molecule has 0 amide bonds. The van der Waals surface area contributed by atoms with Gasteiger partial charge in [-0.15, -0.1) is 12.6 Å². The maximum atomic E-state index is 4.30. The zero-order valence-electron chi connectivity index (χ0n) is 18.0. The van der Waals surface area contributed by atoms with Gasteiger partial charge < -0.3 is 0 Å². The molecule has 0 heterocycles. The summed E-state index contributed by atoms with van der Waals surface area (Å²) in [6.07, 6.45) is 6.21. The van der Waals surface area contributed by atoms with Gasteiger partial charge in [-0.2, -0.15) is 0 Å². The predicted molar refractivity (Wildman–Crippen MR) is 135 cm³/mol. The van der Waals surface area contributed by atoms with Crippen molar-refractivity contribution in [1.82, 2.24) is 0 Å². The number of thiol groups is 1. The van der Waals surface area contributed by atoms with Gasteiger partial charge in [0, 0.05) is 32.7 Å². The topological polar surface area (TPSA) is 0 Å². The van der Waals surface area contributed by atoms with Crippen LogP contribution in [0.4, 0.5) is 0 Å². The maximum absolute atomic E-state index is 4.30. The average Bonchev–Trinajstić information content (AvgIpc) is 3.22. The van der Waals surface area contributed by atoms with E-state index in [1.807, 2.05) is 67.1 Å². The molecule has 0 aliphatic heterocycles. The fourth-order valence-electron chi connectivity index (χ4n) is 3.13. The first-order valence-corrected chi connectivity index (χ1v) is 10.8. The van der Waals surface area contributed by atoms with Gasteiger partial charge in [-0.1, -0.05) is 42.4 Å². The number of aryl methyl sites for hydroxylation is 1. The van der Waals surface area contributed by atoms with Crippen LogP contribution in [0, 0.1) is 73.5 Å². The summed E-state index contributed by atoms with van der Waals surface area (Å²) in [5.41, 5.74) is 6.02. The molecule has 0 atom stereocenters. The van der Waals surface area contributed by atoms with E-state index in [0.717, 1.165) is 44.2 Å². The normalized spacial score (nSPS) is 13.3. The highest BCUT2D eigenvalue weighted by Crippen LogP contribution is 2.30. The van der Waals surface area contributed by atoms with E-state index in [-0.39, 0.29) is 0 Å². The highest BCUT2D eigenvalue weighted by molar-refractivity contribution is 7.80. The molecule has 151 valence electrons. The summed E-state index contributed by atoms with van der Waals surface area (Å²) in [5.74, 6) is 21.6. The Morgan fingerprint density at radius 3 is 1.69 bits per heavy atom. The van der Waals surface area contributed by atoms with E-state index in [1.165, 1.54) is 5.92 Å². The minimum Gasteiger partial charge on any atom is -0.143 e. The van der Waals surface area contributed by atoms with Crippen LogP contribution in [0.25, 0.3) is 0 Å². The first kappa shape index (κ1) is 21.9. The molecule has 1 aliphatic carbocycles. The number of hydrogen-bond donors (Lipinski definition) is 1. The largest absolute Gasteiger partial charge is 0.143 e. The fourth-order valence-corrected chi connectivity index (χ4v) is 3.28. The maximum Gasteiger partial charge on any atom is 0.0561 e. The van der Waals surface area contributed by atoms with Crippen molar-refractivity contribution in [3.63, 3.8) is 0 Å². The summed E-state index contributed by atoms with van der Waals surface area (Å²) in [7, 11) is 0. The lowest BCUT2D eigenvalue weighted by Crippen LogP contribution is -1.88. The monoisotopic (exact) mass is 425 g/mol. The van der Waals surface area contributed by atoms with Crippen molar-refractivity contribution >= 4 is 12.6 Å². The van der Waals surface area contributed by atoms with Crippen LogP contribution in [0.3, 0.4) is 0 Å². The van der Waals surface area contributed by atoms with E-state index in [4.69, 9.17) is 0 Å². The van der Waals surface area contributed by atoms with Gasteiger partial charge in [0.25, 0.3) is 0 Å². The lowest BCUT2D eigenvalue weighted by Gasteiger charge is -1.99. The molecule has 1 aliphatic rings. The molecule has 3 aromatic carbocycles. The van der Waals surface area contributed by atoms with Crippen LogP contribution in [0.2, 0.25) is 0 Å². The molecule has 0 N–H and O–H groups in total. The Kier molecular flexibility index (Phi) is 7.07. The summed E-state index contributed by atoms with van der Waals surface area (Å²) < 4.78 is 0. The first-order chi connectivity index (χ1) is 15.5. The van der Waals surface area contributed by atoms with E-state index >= 15 is 0 Å². The lowest BCUT2D eigenvalue weighted by molar-refractivity contribution is 1.23. The van der Waals surface area contributed by atoms with Crippen LogP contribution in [0.5, 0.6) is 0 Å². The van der Waals surface area contributed by atoms with E-state index in [9.17, 15) is 0 Å². The third-order valence-corrected chi connectivity index (χ3v) is 5.23.